The van der Waals surface area contributed by atoms with Crippen LogP contribution in [0.25, 0.3) is 0 Å². The first-order valence-electron chi connectivity index (χ1n) is 3.41. The molecule has 0 radical (unpaired) electrons. The number of rotatable bonds is 2. The molecule has 12 heavy (non-hydrogen) atoms. The van der Waals surface area contributed by atoms with E-state index >= 15 is 0 Å². The number of benzene rings is 1. The summed E-state index contributed by atoms with van der Waals surface area (Å²) < 4.78 is 7.47. The van der Waals surface area contributed by atoms with Crippen LogP contribution in [0.3, 0.4) is 0 Å². The van der Waals surface area contributed by atoms with Crippen LogP contribution in [0.1, 0.15) is 5.56 Å². The lowest BCUT2D eigenvalue weighted by Gasteiger charge is -2.08. The predicted molar refractivity (Wildman–Crippen MR) is 66.3 cm³/mol. The molecule has 0 fully saturated rings. The van der Waals surface area contributed by atoms with Crippen molar-refractivity contribution in [3.05, 3.63) is 24.8 Å². The number of methoxy groups -OCH3 is 1. The molecule has 1 aromatic rings. The summed E-state index contributed by atoms with van der Waals surface area (Å²) in [6, 6.07) is 4.08. The van der Waals surface area contributed by atoms with Crippen molar-refractivity contribution in [2.45, 2.75) is 6.54 Å². The van der Waals surface area contributed by atoms with Crippen LogP contribution >= 0.6 is 45.2 Å². The van der Waals surface area contributed by atoms with Gasteiger partial charge in [0.05, 0.1) is 10.7 Å². The van der Waals surface area contributed by atoms with Crippen molar-refractivity contribution in [3.8, 4) is 5.75 Å². The second-order valence-corrected chi connectivity index (χ2v) is 4.61. The summed E-state index contributed by atoms with van der Waals surface area (Å²) in [5, 5.41) is 0. The van der Waals surface area contributed by atoms with E-state index in [1.807, 2.05) is 6.07 Å². The maximum Gasteiger partial charge on any atom is 0.133 e. The van der Waals surface area contributed by atoms with Crippen LogP contribution < -0.4 is 10.5 Å². The van der Waals surface area contributed by atoms with E-state index in [9.17, 15) is 0 Å². The van der Waals surface area contributed by atoms with Crippen molar-refractivity contribution in [2.75, 3.05) is 7.11 Å². The molecule has 0 aliphatic carbocycles. The maximum absolute atomic E-state index is 5.58. The van der Waals surface area contributed by atoms with Crippen LogP contribution in [0.2, 0.25) is 0 Å². The largest absolute Gasteiger partial charge is 0.496 e. The van der Waals surface area contributed by atoms with E-state index in [2.05, 4.69) is 51.2 Å². The molecule has 0 amide bonds. The zero-order valence-electron chi connectivity index (χ0n) is 6.60. The van der Waals surface area contributed by atoms with E-state index < -0.39 is 0 Å². The molecule has 0 atom stereocenters. The first-order chi connectivity index (χ1) is 5.69. The highest BCUT2D eigenvalue weighted by atomic mass is 127. The Bertz CT molecular complexity index is 263. The van der Waals surface area contributed by atoms with Gasteiger partial charge in [-0.25, -0.2) is 0 Å². The maximum atomic E-state index is 5.58. The standard InChI is InChI=1S/C8H9I2NO/c1-12-7-3-6(9)2-5(4-11)8(7)10/h2-3H,4,11H2,1H3. The summed E-state index contributed by atoms with van der Waals surface area (Å²) in [7, 11) is 1.67. The smallest absolute Gasteiger partial charge is 0.133 e. The average Bonchev–Trinajstić information content (AvgIpc) is 2.08. The Morgan fingerprint density at radius 2 is 2.08 bits per heavy atom. The Balaban J connectivity index is 3.22. The van der Waals surface area contributed by atoms with Gasteiger partial charge in [0.2, 0.25) is 0 Å². The van der Waals surface area contributed by atoms with E-state index in [0.29, 0.717) is 6.54 Å². The Kier molecular flexibility index (Phi) is 4.04. The summed E-state index contributed by atoms with van der Waals surface area (Å²) in [5.74, 6) is 0.906. The van der Waals surface area contributed by atoms with Crippen LogP contribution in [0.4, 0.5) is 0 Å². The van der Waals surface area contributed by atoms with Gasteiger partial charge < -0.3 is 10.5 Å². The van der Waals surface area contributed by atoms with Gasteiger partial charge in [0, 0.05) is 10.1 Å². The van der Waals surface area contributed by atoms with Crippen molar-refractivity contribution < 1.29 is 4.74 Å². The fourth-order valence-electron chi connectivity index (χ4n) is 0.915. The molecule has 1 rings (SSSR count). The van der Waals surface area contributed by atoms with Crippen molar-refractivity contribution in [1.82, 2.24) is 0 Å². The van der Waals surface area contributed by atoms with Gasteiger partial charge >= 0.3 is 0 Å². The molecular weight excluding hydrogens is 380 g/mol. The lowest BCUT2D eigenvalue weighted by Crippen LogP contribution is -2.01. The Hall–Kier alpha value is 0.440. The summed E-state index contributed by atoms with van der Waals surface area (Å²) in [4.78, 5) is 0. The molecule has 2 N–H and O–H groups in total. The molecular formula is C8H9I2NO. The topological polar surface area (TPSA) is 35.2 Å². The molecule has 0 spiro atoms. The molecule has 66 valence electrons. The molecule has 0 bridgehead atoms. The van der Waals surface area contributed by atoms with Crippen molar-refractivity contribution in [1.29, 1.82) is 0 Å². The summed E-state index contributed by atoms with van der Waals surface area (Å²) >= 11 is 4.50. The lowest BCUT2D eigenvalue weighted by atomic mass is 10.2. The zero-order valence-corrected chi connectivity index (χ0v) is 10.9. The van der Waals surface area contributed by atoms with E-state index in [1.54, 1.807) is 7.11 Å². The number of ether oxygens (including phenoxy) is 1. The fourth-order valence-corrected chi connectivity index (χ4v) is 2.33. The summed E-state index contributed by atoms with van der Waals surface area (Å²) in [6.07, 6.45) is 0. The van der Waals surface area contributed by atoms with Gasteiger partial charge in [-0.1, -0.05) is 0 Å². The third-order valence-corrected chi connectivity index (χ3v) is 3.37. The Labute approximate surface area is 99.1 Å². The monoisotopic (exact) mass is 389 g/mol. The van der Waals surface area contributed by atoms with Crippen LogP contribution in [0.15, 0.2) is 12.1 Å². The SMILES string of the molecule is COc1cc(I)cc(CN)c1I. The second-order valence-electron chi connectivity index (χ2n) is 2.29. The summed E-state index contributed by atoms with van der Waals surface area (Å²) in [5.41, 5.74) is 6.72. The number of nitrogens with two attached hydrogens (primary N) is 1. The molecule has 0 aliphatic heterocycles. The third kappa shape index (κ3) is 2.23. The van der Waals surface area contributed by atoms with Gasteiger partial charge in [-0.3, -0.25) is 0 Å². The normalized spacial score (nSPS) is 10.0. The van der Waals surface area contributed by atoms with Gasteiger partial charge in [-0.05, 0) is 62.9 Å². The minimum atomic E-state index is 0.561. The average molecular weight is 389 g/mol. The number of hydrogen-bond donors (Lipinski definition) is 1. The van der Waals surface area contributed by atoms with Crippen LogP contribution in [-0.4, -0.2) is 7.11 Å². The molecule has 0 saturated heterocycles. The van der Waals surface area contributed by atoms with Gasteiger partial charge in [0.15, 0.2) is 0 Å². The number of halogens is 2. The molecule has 0 aliphatic rings. The van der Waals surface area contributed by atoms with Gasteiger partial charge in [0.25, 0.3) is 0 Å². The molecule has 0 aromatic heterocycles. The summed E-state index contributed by atoms with van der Waals surface area (Å²) in [6.45, 7) is 0.561. The Morgan fingerprint density at radius 3 is 2.58 bits per heavy atom. The molecule has 0 heterocycles. The van der Waals surface area contributed by atoms with Gasteiger partial charge in [-0.2, -0.15) is 0 Å². The second kappa shape index (κ2) is 4.61. The van der Waals surface area contributed by atoms with Crippen LogP contribution in [0.5, 0.6) is 5.75 Å². The first-order valence-corrected chi connectivity index (χ1v) is 5.56. The van der Waals surface area contributed by atoms with E-state index in [4.69, 9.17) is 10.5 Å². The highest BCUT2D eigenvalue weighted by molar-refractivity contribution is 14.1. The molecule has 0 saturated carbocycles. The van der Waals surface area contributed by atoms with E-state index in [-0.39, 0.29) is 0 Å². The van der Waals surface area contributed by atoms with Gasteiger partial charge in [0.1, 0.15) is 5.75 Å². The van der Waals surface area contributed by atoms with Crippen LogP contribution in [0, 0.1) is 7.14 Å². The Morgan fingerprint density at radius 1 is 1.42 bits per heavy atom. The van der Waals surface area contributed by atoms with Crippen molar-refractivity contribution in [2.24, 2.45) is 5.73 Å². The van der Waals surface area contributed by atoms with Crippen molar-refractivity contribution in [3.63, 3.8) is 0 Å². The number of hydrogen-bond acceptors (Lipinski definition) is 2. The van der Waals surface area contributed by atoms with Crippen LogP contribution in [-0.2, 0) is 6.54 Å². The van der Waals surface area contributed by atoms with Gasteiger partial charge in [-0.15, -0.1) is 0 Å². The molecule has 0 unspecified atom stereocenters. The van der Waals surface area contributed by atoms with Crippen molar-refractivity contribution >= 4 is 45.2 Å². The molecule has 2 nitrogen and oxygen atoms in total. The minimum absolute atomic E-state index is 0.561. The molecule has 4 heteroatoms. The predicted octanol–water partition coefficient (Wildman–Crippen LogP) is 2.36. The lowest BCUT2D eigenvalue weighted by molar-refractivity contribution is 0.411. The first kappa shape index (κ1) is 10.5. The van der Waals surface area contributed by atoms with E-state index in [1.165, 1.54) is 0 Å². The minimum Gasteiger partial charge on any atom is -0.496 e. The zero-order chi connectivity index (χ0) is 9.14. The highest BCUT2D eigenvalue weighted by Gasteiger charge is 2.05. The highest BCUT2D eigenvalue weighted by Crippen LogP contribution is 2.26. The van der Waals surface area contributed by atoms with E-state index in [0.717, 1.165) is 18.5 Å². The molecule has 1 aromatic carbocycles. The quantitative estimate of drug-likeness (QED) is 0.789. The fraction of sp³-hybridized carbons (Fsp3) is 0.250. The third-order valence-electron chi connectivity index (χ3n) is 1.52.